The van der Waals surface area contributed by atoms with E-state index >= 15 is 0 Å². The van der Waals surface area contributed by atoms with E-state index in [0.29, 0.717) is 21.8 Å². The van der Waals surface area contributed by atoms with Gasteiger partial charge in [0, 0.05) is 10.7 Å². The lowest BCUT2D eigenvalue weighted by atomic mass is 9.99. The highest BCUT2D eigenvalue weighted by Gasteiger charge is 2.19. The molecule has 0 atom stereocenters. The van der Waals surface area contributed by atoms with E-state index in [4.69, 9.17) is 16.3 Å². The Morgan fingerprint density at radius 3 is 2.00 bits per heavy atom. The molecule has 5 aromatic rings. The van der Waals surface area contributed by atoms with E-state index in [1.54, 1.807) is 24.3 Å². The van der Waals surface area contributed by atoms with Crippen molar-refractivity contribution in [1.82, 2.24) is 20.1 Å². The SMILES string of the molecule is O=C(CSc1nnc(COc2ccc(Cl)cc2)n1-c1ccccc1)NC(c1ccccc1)c1ccccc1. The molecule has 4 aromatic carbocycles. The number of halogens is 1. The van der Waals surface area contributed by atoms with Crippen molar-refractivity contribution in [3.05, 3.63) is 137 Å². The summed E-state index contributed by atoms with van der Waals surface area (Å²) in [6, 6.07) is 36.6. The Labute approximate surface area is 230 Å². The summed E-state index contributed by atoms with van der Waals surface area (Å²) in [5.41, 5.74) is 2.93. The highest BCUT2D eigenvalue weighted by Crippen LogP contribution is 2.25. The number of carbonyl (C=O) groups excluding carboxylic acids is 1. The zero-order chi connectivity index (χ0) is 26.2. The highest BCUT2D eigenvalue weighted by molar-refractivity contribution is 7.99. The van der Waals surface area contributed by atoms with Crippen LogP contribution in [0.3, 0.4) is 0 Å². The van der Waals surface area contributed by atoms with Crippen molar-refractivity contribution in [2.45, 2.75) is 17.8 Å². The number of ether oxygens (including phenoxy) is 1. The van der Waals surface area contributed by atoms with Gasteiger partial charge >= 0.3 is 0 Å². The second-order valence-corrected chi connectivity index (χ2v) is 9.80. The molecule has 0 aliphatic carbocycles. The van der Waals surface area contributed by atoms with Gasteiger partial charge in [0.15, 0.2) is 11.0 Å². The van der Waals surface area contributed by atoms with Crippen LogP contribution in [0.5, 0.6) is 5.75 Å². The second kappa shape index (κ2) is 12.4. The van der Waals surface area contributed by atoms with Crippen molar-refractivity contribution in [3.8, 4) is 11.4 Å². The Morgan fingerprint density at radius 1 is 0.816 bits per heavy atom. The standard InChI is InChI=1S/C30H25ClN4O2S/c31-24-16-18-26(19-17-24)37-20-27-33-34-30(35(27)25-14-8-3-9-15-25)38-21-28(36)32-29(22-10-4-1-5-11-22)23-12-6-2-7-13-23/h1-19,29H,20-21H2,(H,32,36). The maximum atomic E-state index is 13.1. The molecule has 5 rings (SSSR count). The van der Waals surface area contributed by atoms with E-state index in [2.05, 4.69) is 15.5 Å². The number of hydrogen-bond acceptors (Lipinski definition) is 5. The Balaban J connectivity index is 1.32. The smallest absolute Gasteiger partial charge is 0.231 e. The summed E-state index contributed by atoms with van der Waals surface area (Å²) in [6.07, 6.45) is 0. The first kappa shape index (κ1) is 25.6. The van der Waals surface area contributed by atoms with E-state index in [9.17, 15) is 4.79 Å². The Bertz CT molecular complexity index is 1420. The summed E-state index contributed by atoms with van der Waals surface area (Å²) in [5.74, 6) is 1.38. The average molecular weight is 541 g/mol. The molecular formula is C30H25ClN4O2S. The molecule has 6 nitrogen and oxygen atoms in total. The average Bonchev–Trinajstić information content (AvgIpc) is 3.38. The summed E-state index contributed by atoms with van der Waals surface area (Å²) in [5, 5.41) is 13.2. The number of nitrogens with one attached hydrogen (secondary N) is 1. The quantitative estimate of drug-likeness (QED) is 0.205. The first-order chi connectivity index (χ1) is 18.7. The van der Waals surface area contributed by atoms with Crippen LogP contribution in [0.4, 0.5) is 0 Å². The summed E-state index contributed by atoms with van der Waals surface area (Å²) in [6.45, 7) is 0.209. The number of benzene rings is 4. The molecule has 0 aliphatic heterocycles. The third-order valence-electron chi connectivity index (χ3n) is 5.80. The number of aromatic nitrogens is 3. The van der Waals surface area contributed by atoms with E-state index in [0.717, 1.165) is 16.8 Å². The van der Waals surface area contributed by atoms with Gasteiger partial charge < -0.3 is 10.1 Å². The number of thioether (sulfide) groups is 1. The van der Waals surface area contributed by atoms with Crippen LogP contribution in [0.2, 0.25) is 5.02 Å². The molecule has 8 heteroatoms. The lowest BCUT2D eigenvalue weighted by Gasteiger charge is -2.20. The molecule has 0 radical (unpaired) electrons. The van der Waals surface area contributed by atoms with Crippen molar-refractivity contribution in [3.63, 3.8) is 0 Å². The van der Waals surface area contributed by atoms with Gasteiger partial charge in [0.05, 0.1) is 11.8 Å². The molecule has 1 amide bonds. The predicted octanol–water partition coefficient (Wildman–Crippen LogP) is 6.50. The molecule has 0 spiro atoms. The first-order valence-corrected chi connectivity index (χ1v) is 13.4. The minimum absolute atomic E-state index is 0.103. The predicted molar refractivity (Wildman–Crippen MR) is 151 cm³/mol. The van der Waals surface area contributed by atoms with Gasteiger partial charge in [-0.25, -0.2) is 0 Å². The Kier molecular flexibility index (Phi) is 8.38. The zero-order valence-electron chi connectivity index (χ0n) is 20.4. The van der Waals surface area contributed by atoms with E-state index in [-0.39, 0.29) is 24.3 Å². The third kappa shape index (κ3) is 6.43. The molecule has 0 saturated heterocycles. The minimum Gasteiger partial charge on any atom is -0.486 e. The van der Waals surface area contributed by atoms with Crippen LogP contribution < -0.4 is 10.1 Å². The van der Waals surface area contributed by atoms with Crippen molar-refractivity contribution < 1.29 is 9.53 Å². The number of carbonyl (C=O) groups is 1. The van der Waals surface area contributed by atoms with Gasteiger partial charge in [-0.15, -0.1) is 10.2 Å². The van der Waals surface area contributed by atoms with Crippen LogP contribution in [-0.2, 0) is 11.4 Å². The minimum atomic E-state index is -0.249. The summed E-state index contributed by atoms with van der Waals surface area (Å²) in [7, 11) is 0. The largest absolute Gasteiger partial charge is 0.486 e. The second-order valence-electron chi connectivity index (χ2n) is 8.42. The van der Waals surface area contributed by atoms with E-state index < -0.39 is 0 Å². The number of para-hydroxylation sites is 1. The van der Waals surface area contributed by atoms with Gasteiger partial charge in [-0.05, 0) is 47.5 Å². The Hall–Kier alpha value is -4.07. The fraction of sp³-hybridized carbons (Fsp3) is 0.100. The maximum Gasteiger partial charge on any atom is 0.231 e. The van der Waals surface area contributed by atoms with Crippen molar-refractivity contribution in [2.24, 2.45) is 0 Å². The van der Waals surface area contributed by atoms with Gasteiger partial charge in [-0.2, -0.15) is 0 Å². The highest BCUT2D eigenvalue weighted by atomic mass is 35.5. The molecular weight excluding hydrogens is 516 g/mol. The van der Waals surface area contributed by atoms with Crippen LogP contribution in [-0.4, -0.2) is 26.4 Å². The monoisotopic (exact) mass is 540 g/mol. The van der Waals surface area contributed by atoms with Crippen LogP contribution in [0.15, 0.2) is 120 Å². The lowest BCUT2D eigenvalue weighted by molar-refractivity contribution is -0.119. The number of hydrogen-bond donors (Lipinski definition) is 1. The number of nitrogens with zero attached hydrogens (tertiary/aromatic N) is 3. The normalized spacial score (nSPS) is 10.9. The summed E-state index contributed by atoms with van der Waals surface area (Å²) in [4.78, 5) is 13.1. The third-order valence-corrected chi connectivity index (χ3v) is 6.98. The summed E-state index contributed by atoms with van der Waals surface area (Å²) < 4.78 is 7.84. The molecule has 0 fully saturated rings. The van der Waals surface area contributed by atoms with E-state index in [1.165, 1.54) is 11.8 Å². The fourth-order valence-corrected chi connectivity index (χ4v) is 4.89. The van der Waals surface area contributed by atoms with Gasteiger partial charge in [0.2, 0.25) is 5.91 Å². The topological polar surface area (TPSA) is 69.0 Å². The molecule has 1 N–H and O–H groups in total. The Morgan fingerprint density at radius 2 is 1.39 bits per heavy atom. The lowest BCUT2D eigenvalue weighted by Crippen LogP contribution is -2.30. The van der Waals surface area contributed by atoms with Gasteiger partial charge in [0.25, 0.3) is 0 Å². The molecule has 0 unspecified atom stereocenters. The first-order valence-electron chi connectivity index (χ1n) is 12.1. The molecule has 1 heterocycles. The maximum absolute atomic E-state index is 13.1. The molecule has 0 saturated carbocycles. The molecule has 1 aromatic heterocycles. The molecule has 0 aliphatic rings. The van der Waals surface area contributed by atoms with Crippen molar-refractivity contribution >= 4 is 29.3 Å². The number of rotatable bonds is 10. The van der Waals surface area contributed by atoms with Crippen LogP contribution >= 0.6 is 23.4 Å². The molecule has 38 heavy (non-hydrogen) atoms. The fourth-order valence-electron chi connectivity index (χ4n) is 3.99. The van der Waals surface area contributed by atoms with Crippen molar-refractivity contribution in [1.29, 1.82) is 0 Å². The molecule has 190 valence electrons. The van der Waals surface area contributed by atoms with E-state index in [1.807, 2.05) is 95.6 Å². The van der Waals surface area contributed by atoms with Gasteiger partial charge in [-0.1, -0.05) is 102 Å². The molecule has 0 bridgehead atoms. The van der Waals surface area contributed by atoms with Crippen LogP contribution in [0.25, 0.3) is 5.69 Å². The van der Waals surface area contributed by atoms with Crippen LogP contribution in [0.1, 0.15) is 23.0 Å². The summed E-state index contributed by atoms with van der Waals surface area (Å²) >= 11 is 7.31. The zero-order valence-corrected chi connectivity index (χ0v) is 22.0. The van der Waals surface area contributed by atoms with Crippen LogP contribution in [0, 0.1) is 0 Å². The van der Waals surface area contributed by atoms with Gasteiger partial charge in [-0.3, -0.25) is 9.36 Å². The van der Waals surface area contributed by atoms with Crippen molar-refractivity contribution in [2.75, 3.05) is 5.75 Å². The number of amides is 1. The van der Waals surface area contributed by atoms with Gasteiger partial charge in [0.1, 0.15) is 12.4 Å².